The Balaban J connectivity index is 1.29. The normalized spacial score (nSPS) is 36.4. The second kappa shape index (κ2) is 15.7. The summed E-state index contributed by atoms with van der Waals surface area (Å²) < 4.78 is 38.8. The van der Waals surface area contributed by atoms with Crippen molar-refractivity contribution in [3.05, 3.63) is 108 Å². The zero-order valence-electron chi connectivity index (χ0n) is 29.5. The summed E-state index contributed by atoms with van der Waals surface area (Å²) in [5, 5.41) is 0. The highest BCUT2D eigenvalue weighted by Crippen LogP contribution is 2.41. The van der Waals surface area contributed by atoms with Crippen LogP contribution < -0.4 is 0 Å². The second-order valence-electron chi connectivity index (χ2n) is 14.8. The zero-order valence-corrected chi connectivity index (χ0v) is 29.5. The van der Waals surface area contributed by atoms with Gasteiger partial charge in [-0.3, -0.25) is 0 Å². The number of hydrogen-bond donors (Lipinski definition) is 0. The van der Waals surface area contributed by atoms with E-state index in [0.29, 0.717) is 38.5 Å². The third kappa shape index (κ3) is 7.76. The Morgan fingerprint density at radius 2 is 0.627 bits per heavy atom. The number of ether oxygens (including phenoxy) is 6. The van der Waals surface area contributed by atoms with Crippen LogP contribution in [0.2, 0.25) is 0 Å². The fourth-order valence-electron chi connectivity index (χ4n) is 8.02. The molecule has 0 N–H and O–H groups in total. The van der Waals surface area contributed by atoms with Crippen molar-refractivity contribution in [1.29, 1.82) is 0 Å². The van der Waals surface area contributed by atoms with Gasteiger partial charge in [0.2, 0.25) is 0 Å². The van der Waals surface area contributed by atoms with Crippen LogP contribution in [0.25, 0.3) is 0 Å². The van der Waals surface area contributed by atoms with Gasteiger partial charge in [0.05, 0.1) is 18.3 Å². The van der Waals surface area contributed by atoms with Crippen LogP contribution in [-0.4, -0.2) is 54.5 Å². The van der Waals surface area contributed by atoms with Crippen LogP contribution in [0, 0.1) is 17.8 Å². The first kappa shape index (κ1) is 35.4. The standard InChI is InChI=1S/C42H48O9/c1-25-19-22-31-37(28-13-7-4-8-14-28)50-41(44)35-27(3)21-24-33(48-35)39(30-17-11-6-12-18-30)51-42(45)36-26(2)20-23-32(47-36)38(29-15-9-5-10-16-29)49-40(43)34(25)46-31/h4-18,25-27,31-39H,19-24H2,1-3H3/t25-,26-,27-,31-,32-,33-,34+,35+,36+,37-,38-,39-/m0/s1. The summed E-state index contributed by atoms with van der Waals surface area (Å²) in [5.74, 6) is -1.98. The van der Waals surface area contributed by atoms with Gasteiger partial charge in [-0.1, -0.05) is 112 Å². The number of esters is 3. The van der Waals surface area contributed by atoms with Crippen molar-refractivity contribution in [2.45, 2.75) is 114 Å². The summed E-state index contributed by atoms with van der Waals surface area (Å²) in [5.41, 5.74) is 2.29. The molecule has 6 bridgehead atoms. The van der Waals surface area contributed by atoms with Crippen molar-refractivity contribution in [3.8, 4) is 0 Å². The molecule has 51 heavy (non-hydrogen) atoms. The molecular formula is C42H48O9. The van der Waals surface area contributed by atoms with E-state index in [1.807, 2.05) is 112 Å². The van der Waals surface area contributed by atoms with Crippen LogP contribution in [0.4, 0.5) is 0 Å². The lowest BCUT2D eigenvalue weighted by Gasteiger charge is -2.42. The van der Waals surface area contributed by atoms with Gasteiger partial charge in [-0.2, -0.15) is 0 Å². The number of carbonyl (C=O) groups is 3. The van der Waals surface area contributed by atoms with Crippen molar-refractivity contribution >= 4 is 17.9 Å². The third-order valence-electron chi connectivity index (χ3n) is 11.1. The molecule has 0 spiro atoms. The lowest BCUT2D eigenvalue weighted by molar-refractivity contribution is -0.219. The van der Waals surface area contributed by atoms with E-state index in [1.54, 1.807) is 0 Å². The van der Waals surface area contributed by atoms with E-state index in [-0.39, 0.29) is 17.8 Å². The van der Waals surface area contributed by atoms with E-state index in [2.05, 4.69) is 0 Å². The topological polar surface area (TPSA) is 107 Å². The quantitative estimate of drug-likeness (QED) is 0.205. The molecule has 7 rings (SSSR count). The lowest BCUT2D eigenvalue weighted by atomic mass is 9.87. The van der Waals surface area contributed by atoms with Gasteiger partial charge in [0, 0.05) is 0 Å². The van der Waals surface area contributed by atoms with Gasteiger partial charge in [0.25, 0.3) is 0 Å². The molecule has 0 aliphatic carbocycles. The van der Waals surface area contributed by atoms with E-state index >= 15 is 0 Å². The highest BCUT2D eigenvalue weighted by Gasteiger charge is 2.47. The molecule has 0 unspecified atom stereocenters. The number of carbonyl (C=O) groups excluding carboxylic acids is 3. The van der Waals surface area contributed by atoms with Gasteiger partial charge in [0.15, 0.2) is 36.6 Å². The molecule has 4 saturated heterocycles. The fraction of sp³-hybridized carbons (Fsp3) is 0.500. The van der Waals surface area contributed by atoms with Crippen molar-refractivity contribution in [2.24, 2.45) is 17.8 Å². The minimum absolute atomic E-state index is 0.143. The van der Waals surface area contributed by atoms with Crippen LogP contribution in [-0.2, 0) is 42.8 Å². The predicted molar refractivity (Wildman–Crippen MR) is 187 cm³/mol. The Hall–Kier alpha value is -4.05. The Bertz CT molecular complexity index is 1440. The van der Waals surface area contributed by atoms with Gasteiger partial charge >= 0.3 is 17.9 Å². The molecule has 4 fully saturated rings. The number of rotatable bonds is 3. The van der Waals surface area contributed by atoms with Crippen molar-refractivity contribution in [2.75, 3.05) is 0 Å². The fourth-order valence-corrected chi connectivity index (χ4v) is 8.02. The summed E-state index contributed by atoms with van der Waals surface area (Å²) in [6.07, 6.45) is -3.07. The third-order valence-corrected chi connectivity index (χ3v) is 11.1. The smallest absolute Gasteiger partial charge is 0.336 e. The van der Waals surface area contributed by atoms with Gasteiger partial charge in [0.1, 0.15) is 0 Å². The largest absolute Gasteiger partial charge is 0.453 e. The first-order chi connectivity index (χ1) is 24.8. The summed E-state index contributed by atoms with van der Waals surface area (Å²) in [6.45, 7) is 5.92. The summed E-state index contributed by atoms with van der Waals surface area (Å²) in [7, 11) is 0. The van der Waals surface area contributed by atoms with Crippen molar-refractivity contribution in [3.63, 3.8) is 0 Å². The Morgan fingerprint density at radius 3 is 0.882 bits per heavy atom. The zero-order chi connectivity index (χ0) is 35.5. The monoisotopic (exact) mass is 696 g/mol. The Morgan fingerprint density at radius 1 is 0.373 bits per heavy atom. The van der Waals surface area contributed by atoms with Crippen LogP contribution in [0.3, 0.4) is 0 Å². The van der Waals surface area contributed by atoms with Gasteiger partial charge in [-0.05, 0) is 73.0 Å². The Labute approximate surface area is 299 Å². The minimum atomic E-state index is -0.900. The highest BCUT2D eigenvalue weighted by molar-refractivity contribution is 5.77. The summed E-state index contributed by atoms with van der Waals surface area (Å²) in [6, 6.07) is 28.5. The molecule has 12 atom stereocenters. The molecule has 9 nitrogen and oxygen atoms in total. The Kier molecular flexibility index (Phi) is 10.9. The molecule has 0 radical (unpaired) electrons. The van der Waals surface area contributed by atoms with Gasteiger partial charge in [-0.25, -0.2) is 14.4 Å². The molecule has 0 amide bonds. The minimum Gasteiger partial charge on any atom is -0.453 e. The van der Waals surface area contributed by atoms with E-state index in [1.165, 1.54) is 0 Å². The lowest BCUT2D eigenvalue weighted by Crippen LogP contribution is -2.49. The van der Waals surface area contributed by atoms with Crippen LogP contribution in [0.15, 0.2) is 91.0 Å². The summed E-state index contributed by atoms with van der Waals surface area (Å²) >= 11 is 0. The second-order valence-corrected chi connectivity index (χ2v) is 14.8. The van der Waals surface area contributed by atoms with E-state index in [9.17, 15) is 14.4 Å². The average molecular weight is 697 g/mol. The molecule has 3 aromatic rings. The molecular weight excluding hydrogens is 648 g/mol. The number of fused-ring (bicyclic) bond motifs is 6. The van der Waals surface area contributed by atoms with Crippen LogP contribution >= 0.6 is 0 Å². The molecule has 4 heterocycles. The van der Waals surface area contributed by atoms with Gasteiger partial charge < -0.3 is 28.4 Å². The van der Waals surface area contributed by atoms with E-state index in [4.69, 9.17) is 28.4 Å². The van der Waals surface area contributed by atoms with E-state index in [0.717, 1.165) is 16.7 Å². The molecule has 4 aliphatic rings. The molecule has 0 aromatic heterocycles. The van der Waals surface area contributed by atoms with E-state index < -0.39 is 72.8 Å². The van der Waals surface area contributed by atoms with Crippen LogP contribution in [0.1, 0.15) is 94.3 Å². The number of benzene rings is 3. The number of cyclic esters (lactones) is 3. The maximum Gasteiger partial charge on any atom is 0.336 e. The first-order valence-corrected chi connectivity index (χ1v) is 18.5. The predicted octanol–water partition coefficient (Wildman–Crippen LogP) is 7.40. The van der Waals surface area contributed by atoms with Gasteiger partial charge in [-0.15, -0.1) is 0 Å². The molecule has 0 saturated carbocycles. The maximum absolute atomic E-state index is 14.2. The first-order valence-electron chi connectivity index (χ1n) is 18.5. The summed E-state index contributed by atoms with van der Waals surface area (Å²) in [4.78, 5) is 42.5. The van der Waals surface area contributed by atoms with Crippen LogP contribution in [0.5, 0.6) is 0 Å². The molecule has 9 heteroatoms. The number of hydrogen-bond acceptors (Lipinski definition) is 9. The molecule has 3 aromatic carbocycles. The highest BCUT2D eigenvalue weighted by atomic mass is 16.6. The van der Waals surface area contributed by atoms with Crippen molar-refractivity contribution < 1.29 is 42.8 Å². The maximum atomic E-state index is 14.2. The SMILES string of the molecule is C[C@H]1CC[C@@H]2O[C@H]1C(=O)O[C@@H](c1ccccc1)[C@@H]1CC[C@H](C)[C@@H](O1)C(=O)O[C@@H](c1ccccc1)[C@@H]1CC[C@H](C)[C@@H](O1)C(=O)O[C@H]2c1ccccc1. The molecule has 4 aliphatic heterocycles. The molecule has 270 valence electrons. The van der Waals surface area contributed by atoms with Crippen molar-refractivity contribution in [1.82, 2.24) is 0 Å². The average Bonchev–Trinajstić information content (AvgIpc) is 3.16.